The highest BCUT2D eigenvalue weighted by atomic mass is 19.1. The number of hydrogen-bond acceptors (Lipinski definition) is 3. The van der Waals surface area contributed by atoms with Gasteiger partial charge in [0.15, 0.2) is 0 Å². The molecule has 1 saturated heterocycles. The molecule has 148 valence electrons. The van der Waals surface area contributed by atoms with Gasteiger partial charge in [0.1, 0.15) is 5.82 Å². The van der Waals surface area contributed by atoms with E-state index in [1.165, 1.54) is 6.07 Å². The Labute approximate surface area is 163 Å². The van der Waals surface area contributed by atoms with Gasteiger partial charge in [-0.3, -0.25) is 14.0 Å². The van der Waals surface area contributed by atoms with Crippen LogP contribution in [-0.4, -0.2) is 33.3 Å². The lowest BCUT2D eigenvalue weighted by molar-refractivity contribution is 0.0679. The molecule has 0 spiro atoms. The highest BCUT2D eigenvalue weighted by Gasteiger charge is 2.20. The number of halogens is 1. The molecule has 3 aromatic rings. The summed E-state index contributed by atoms with van der Waals surface area (Å²) in [6, 6.07) is 12.9. The van der Waals surface area contributed by atoms with Crippen LogP contribution in [0.1, 0.15) is 24.0 Å². The van der Waals surface area contributed by atoms with E-state index in [9.17, 15) is 9.18 Å². The van der Waals surface area contributed by atoms with Crippen molar-refractivity contribution in [3.8, 4) is 0 Å². The van der Waals surface area contributed by atoms with Crippen LogP contribution in [-0.2, 0) is 31.9 Å². The largest absolute Gasteiger partial charge is 0.377 e. The number of hydrogen-bond donors (Lipinski definition) is 0. The molecule has 1 atom stereocenters. The average Bonchev–Trinajstić information content (AvgIpc) is 3.25. The average molecular weight is 383 g/mol. The van der Waals surface area contributed by atoms with Crippen molar-refractivity contribution in [3.63, 3.8) is 0 Å². The van der Waals surface area contributed by atoms with Gasteiger partial charge in [-0.1, -0.05) is 18.2 Å². The molecule has 2 aromatic carbocycles. The van der Waals surface area contributed by atoms with E-state index in [2.05, 4.69) is 17.0 Å². The molecule has 5 nitrogen and oxygen atoms in total. The van der Waals surface area contributed by atoms with Crippen LogP contribution in [0, 0.1) is 5.82 Å². The number of fused-ring (bicyclic) bond motifs is 1. The molecule has 6 heteroatoms. The van der Waals surface area contributed by atoms with E-state index in [0.717, 1.165) is 54.7 Å². The fourth-order valence-electron chi connectivity index (χ4n) is 4.06. The molecule has 0 radical (unpaired) electrons. The molecule has 0 aliphatic carbocycles. The minimum Gasteiger partial charge on any atom is -0.377 e. The van der Waals surface area contributed by atoms with Gasteiger partial charge >= 0.3 is 5.69 Å². The van der Waals surface area contributed by atoms with Crippen molar-refractivity contribution >= 4 is 11.0 Å². The molecule has 0 N–H and O–H groups in total. The monoisotopic (exact) mass is 383 g/mol. The Morgan fingerprint density at radius 3 is 2.54 bits per heavy atom. The van der Waals surface area contributed by atoms with Crippen molar-refractivity contribution < 1.29 is 9.13 Å². The van der Waals surface area contributed by atoms with Crippen LogP contribution in [0.3, 0.4) is 0 Å². The standard InChI is InChI=1S/C22H26FN3O2/c1-24-20-9-8-17(12-21(20)25(2)22(24)27)14-26(15-19-7-4-10-28-19)13-16-5-3-6-18(23)11-16/h3,5-6,8-9,11-12,19H,4,7,10,13-15H2,1-2H3/t19-/m0/s1. The summed E-state index contributed by atoms with van der Waals surface area (Å²) in [4.78, 5) is 14.5. The maximum atomic E-state index is 13.6. The maximum Gasteiger partial charge on any atom is 0.328 e. The van der Waals surface area contributed by atoms with Crippen molar-refractivity contribution in [3.05, 3.63) is 69.9 Å². The first kappa shape index (κ1) is 18.9. The Hall–Kier alpha value is -2.44. The number of nitrogens with zero attached hydrogens (tertiary/aromatic N) is 3. The molecule has 2 heterocycles. The number of ether oxygens (including phenoxy) is 1. The van der Waals surface area contributed by atoms with Crippen LogP contribution in [0.4, 0.5) is 4.39 Å². The molecule has 1 aliphatic heterocycles. The van der Waals surface area contributed by atoms with E-state index in [1.807, 2.05) is 12.1 Å². The van der Waals surface area contributed by atoms with Gasteiger partial charge in [-0.25, -0.2) is 9.18 Å². The smallest absolute Gasteiger partial charge is 0.328 e. The van der Waals surface area contributed by atoms with Crippen molar-refractivity contribution in [1.82, 2.24) is 14.0 Å². The van der Waals surface area contributed by atoms with Gasteiger partial charge < -0.3 is 4.74 Å². The number of rotatable bonds is 6. The van der Waals surface area contributed by atoms with Crippen molar-refractivity contribution in [2.24, 2.45) is 14.1 Å². The molecule has 1 aromatic heterocycles. The van der Waals surface area contributed by atoms with Crippen LogP contribution < -0.4 is 5.69 Å². The third kappa shape index (κ3) is 3.88. The summed E-state index contributed by atoms with van der Waals surface area (Å²) in [5, 5.41) is 0. The summed E-state index contributed by atoms with van der Waals surface area (Å²) < 4.78 is 22.8. The van der Waals surface area contributed by atoms with E-state index >= 15 is 0 Å². The minimum atomic E-state index is -0.213. The number of aryl methyl sites for hydroxylation is 2. The highest BCUT2D eigenvalue weighted by molar-refractivity contribution is 5.76. The first-order valence-electron chi connectivity index (χ1n) is 9.74. The third-order valence-electron chi connectivity index (χ3n) is 5.52. The zero-order valence-corrected chi connectivity index (χ0v) is 16.4. The molecule has 28 heavy (non-hydrogen) atoms. The fourth-order valence-corrected chi connectivity index (χ4v) is 4.06. The van der Waals surface area contributed by atoms with Gasteiger partial charge in [0.25, 0.3) is 0 Å². The Morgan fingerprint density at radius 2 is 1.82 bits per heavy atom. The van der Waals surface area contributed by atoms with Gasteiger partial charge in [-0.05, 0) is 48.2 Å². The van der Waals surface area contributed by atoms with E-state index < -0.39 is 0 Å². The second kappa shape index (κ2) is 7.89. The summed E-state index contributed by atoms with van der Waals surface area (Å²) in [7, 11) is 3.59. The Bertz CT molecular complexity index is 1030. The fraction of sp³-hybridized carbons (Fsp3) is 0.409. The van der Waals surface area contributed by atoms with E-state index in [-0.39, 0.29) is 17.6 Å². The molecule has 0 saturated carbocycles. The molecular weight excluding hydrogens is 357 g/mol. The minimum absolute atomic E-state index is 0.0249. The van der Waals surface area contributed by atoms with Crippen LogP contribution in [0.25, 0.3) is 11.0 Å². The Kier molecular flexibility index (Phi) is 5.33. The molecule has 1 fully saturated rings. The maximum absolute atomic E-state index is 13.6. The molecule has 4 rings (SSSR count). The van der Waals surface area contributed by atoms with Gasteiger partial charge in [0.05, 0.1) is 17.1 Å². The van der Waals surface area contributed by atoms with Crippen molar-refractivity contribution in [2.75, 3.05) is 13.2 Å². The van der Waals surface area contributed by atoms with Gasteiger partial charge in [0, 0.05) is 40.3 Å². The second-order valence-corrected chi connectivity index (χ2v) is 7.66. The molecule has 0 bridgehead atoms. The molecule has 1 aliphatic rings. The van der Waals surface area contributed by atoms with E-state index in [0.29, 0.717) is 6.54 Å². The lowest BCUT2D eigenvalue weighted by atomic mass is 10.1. The molecular formula is C22H26FN3O2. The Morgan fingerprint density at radius 1 is 1.07 bits per heavy atom. The van der Waals surface area contributed by atoms with Gasteiger partial charge in [-0.15, -0.1) is 0 Å². The van der Waals surface area contributed by atoms with Crippen LogP contribution in [0.5, 0.6) is 0 Å². The predicted molar refractivity (Wildman–Crippen MR) is 108 cm³/mol. The molecule has 0 amide bonds. The number of imidazole rings is 1. The zero-order valence-electron chi connectivity index (χ0n) is 16.4. The molecule has 0 unspecified atom stereocenters. The lowest BCUT2D eigenvalue weighted by Gasteiger charge is -2.25. The van der Waals surface area contributed by atoms with E-state index in [4.69, 9.17) is 4.74 Å². The van der Waals surface area contributed by atoms with Crippen LogP contribution >= 0.6 is 0 Å². The van der Waals surface area contributed by atoms with Crippen LogP contribution in [0.2, 0.25) is 0 Å². The Balaban J connectivity index is 1.59. The summed E-state index contributed by atoms with van der Waals surface area (Å²) >= 11 is 0. The van der Waals surface area contributed by atoms with E-state index in [1.54, 1.807) is 35.4 Å². The number of benzene rings is 2. The summed E-state index contributed by atoms with van der Waals surface area (Å²) in [6.45, 7) is 3.00. The summed E-state index contributed by atoms with van der Waals surface area (Å²) in [6.07, 6.45) is 2.38. The zero-order chi connectivity index (χ0) is 19.7. The first-order chi connectivity index (χ1) is 13.5. The second-order valence-electron chi connectivity index (χ2n) is 7.66. The quantitative estimate of drug-likeness (QED) is 0.656. The summed E-state index contributed by atoms with van der Waals surface area (Å²) in [5.41, 5.74) is 3.90. The van der Waals surface area contributed by atoms with Crippen molar-refractivity contribution in [2.45, 2.75) is 32.0 Å². The lowest BCUT2D eigenvalue weighted by Crippen LogP contribution is -2.31. The predicted octanol–water partition coefficient (Wildman–Crippen LogP) is 3.20. The SMILES string of the molecule is Cn1c(=O)n(C)c2cc(CN(Cc3cccc(F)c3)C[C@@H]3CCCO3)ccc21. The van der Waals surface area contributed by atoms with Gasteiger partial charge in [0.2, 0.25) is 0 Å². The van der Waals surface area contributed by atoms with Crippen molar-refractivity contribution in [1.29, 1.82) is 0 Å². The topological polar surface area (TPSA) is 39.4 Å². The number of aromatic nitrogens is 2. The van der Waals surface area contributed by atoms with Gasteiger partial charge in [-0.2, -0.15) is 0 Å². The first-order valence-corrected chi connectivity index (χ1v) is 9.74. The highest BCUT2D eigenvalue weighted by Crippen LogP contribution is 2.20. The van der Waals surface area contributed by atoms with Crippen LogP contribution in [0.15, 0.2) is 47.3 Å². The normalized spacial score (nSPS) is 17.1. The summed E-state index contributed by atoms with van der Waals surface area (Å²) in [5.74, 6) is -0.213. The third-order valence-corrected chi connectivity index (χ3v) is 5.52.